The summed E-state index contributed by atoms with van der Waals surface area (Å²) in [4.78, 5) is 23.5. The highest BCUT2D eigenvalue weighted by Crippen LogP contribution is 2.25. The third-order valence-electron chi connectivity index (χ3n) is 2.75. The van der Waals surface area contributed by atoms with Crippen molar-refractivity contribution in [1.29, 1.82) is 0 Å². The van der Waals surface area contributed by atoms with Crippen LogP contribution in [0.25, 0.3) is 0 Å². The van der Waals surface area contributed by atoms with Gasteiger partial charge >= 0.3 is 11.9 Å². The highest BCUT2D eigenvalue weighted by molar-refractivity contribution is 6.32. The van der Waals surface area contributed by atoms with Crippen LogP contribution in [0.5, 0.6) is 5.75 Å². The predicted molar refractivity (Wildman–Crippen MR) is 76.0 cm³/mol. The van der Waals surface area contributed by atoms with Crippen molar-refractivity contribution in [3.8, 4) is 5.75 Å². The summed E-state index contributed by atoms with van der Waals surface area (Å²) in [5.74, 6) is -1.89. The van der Waals surface area contributed by atoms with E-state index in [1.54, 1.807) is 32.0 Å². The normalized spacial score (nSPS) is 10.7. The summed E-state index contributed by atoms with van der Waals surface area (Å²) in [5, 5.41) is 13.3. The minimum absolute atomic E-state index is 0.114. The number of carboxylic acids is 1. The van der Waals surface area contributed by atoms with Crippen molar-refractivity contribution in [3.05, 3.63) is 46.7 Å². The lowest BCUT2D eigenvalue weighted by molar-refractivity contribution is 0.0661. The van der Waals surface area contributed by atoms with E-state index < -0.39 is 11.9 Å². The molecule has 110 valence electrons. The molecule has 0 atom stereocenters. The van der Waals surface area contributed by atoms with Gasteiger partial charge in [-0.25, -0.2) is 9.59 Å². The number of carbonyl (C=O) groups is 2. The number of rotatable bonds is 4. The molecule has 1 N–H and O–H groups in total. The van der Waals surface area contributed by atoms with Gasteiger partial charge in [-0.2, -0.15) is 5.10 Å². The molecule has 7 heteroatoms. The van der Waals surface area contributed by atoms with Crippen LogP contribution in [0.15, 0.2) is 30.5 Å². The molecule has 1 aromatic carbocycles. The number of carbonyl (C=O) groups excluding carboxylic acids is 1. The number of esters is 1. The summed E-state index contributed by atoms with van der Waals surface area (Å²) in [6.07, 6.45) is 1.13. The molecule has 0 aliphatic carbocycles. The molecular formula is C14H13ClN2O4. The minimum atomic E-state index is -1.24. The number of carboxylic acid groups (broad SMARTS) is 1. The summed E-state index contributed by atoms with van der Waals surface area (Å²) >= 11 is 5.92. The molecule has 0 fully saturated rings. The quantitative estimate of drug-likeness (QED) is 0.693. The first-order chi connectivity index (χ1) is 9.91. The van der Waals surface area contributed by atoms with Gasteiger partial charge in [0.15, 0.2) is 5.69 Å². The van der Waals surface area contributed by atoms with Crippen LogP contribution >= 0.6 is 11.6 Å². The molecule has 1 aromatic heterocycles. The Bertz CT molecular complexity index is 694. The van der Waals surface area contributed by atoms with Crippen LogP contribution in [0.2, 0.25) is 5.02 Å². The summed E-state index contributed by atoms with van der Waals surface area (Å²) in [6.45, 7) is 3.57. The lowest BCUT2D eigenvalue weighted by Crippen LogP contribution is -2.20. The Hall–Kier alpha value is -2.34. The average molecular weight is 309 g/mol. The van der Waals surface area contributed by atoms with Crippen molar-refractivity contribution in [2.45, 2.75) is 19.9 Å². The molecular weight excluding hydrogens is 296 g/mol. The van der Waals surface area contributed by atoms with Crippen LogP contribution in [0.4, 0.5) is 0 Å². The van der Waals surface area contributed by atoms with Gasteiger partial charge in [0.2, 0.25) is 0 Å². The third-order valence-corrected chi connectivity index (χ3v) is 3.06. The molecule has 0 aliphatic heterocycles. The highest BCUT2D eigenvalue weighted by atomic mass is 35.5. The van der Waals surface area contributed by atoms with Crippen molar-refractivity contribution in [2.24, 2.45) is 0 Å². The number of para-hydroxylation sites is 1. The summed E-state index contributed by atoms with van der Waals surface area (Å²) < 4.78 is 6.48. The standard InChI is InChI=1S/C14H13ClN2O4/c1-8(2)17-12(9(7-16-17)13(18)19)14(20)21-11-6-4-3-5-10(11)15/h3-8H,1-2H3,(H,18,19). The number of nitrogens with zero attached hydrogens (tertiary/aromatic N) is 2. The SMILES string of the molecule is CC(C)n1ncc(C(=O)O)c1C(=O)Oc1ccccc1Cl. The fourth-order valence-corrected chi connectivity index (χ4v) is 1.96. The molecule has 0 spiro atoms. The first kappa shape index (κ1) is 15.1. The van der Waals surface area contributed by atoms with Crippen molar-refractivity contribution in [1.82, 2.24) is 9.78 Å². The van der Waals surface area contributed by atoms with Crippen LogP contribution in [0, 0.1) is 0 Å². The third kappa shape index (κ3) is 3.05. The van der Waals surface area contributed by atoms with Gasteiger partial charge in [-0.15, -0.1) is 0 Å². The fraction of sp³-hybridized carbons (Fsp3) is 0.214. The maximum atomic E-state index is 12.3. The van der Waals surface area contributed by atoms with Crippen LogP contribution in [-0.2, 0) is 0 Å². The topological polar surface area (TPSA) is 81.4 Å². The Morgan fingerprint density at radius 2 is 2.00 bits per heavy atom. The lowest BCUT2D eigenvalue weighted by Gasteiger charge is -2.11. The molecule has 0 unspecified atom stereocenters. The first-order valence-corrected chi connectivity index (χ1v) is 6.57. The largest absolute Gasteiger partial charge is 0.478 e. The zero-order valence-corrected chi connectivity index (χ0v) is 12.2. The maximum absolute atomic E-state index is 12.3. The number of hydrogen-bond donors (Lipinski definition) is 1. The van der Waals surface area contributed by atoms with E-state index in [0.29, 0.717) is 0 Å². The number of aromatic nitrogens is 2. The molecule has 2 rings (SSSR count). The minimum Gasteiger partial charge on any atom is -0.478 e. The number of ether oxygens (including phenoxy) is 1. The number of hydrogen-bond acceptors (Lipinski definition) is 4. The molecule has 1 heterocycles. The number of benzene rings is 1. The van der Waals surface area contributed by atoms with Crippen LogP contribution < -0.4 is 4.74 Å². The summed E-state index contributed by atoms with van der Waals surface area (Å²) in [5.41, 5.74) is -0.321. The summed E-state index contributed by atoms with van der Waals surface area (Å²) in [6, 6.07) is 6.26. The Kier molecular flexibility index (Phi) is 4.28. The van der Waals surface area contributed by atoms with E-state index in [-0.39, 0.29) is 28.1 Å². The van der Waals surface area contributed by atoms with Crippen molar-refractivity contribution in [2.75, 3.05) is 0 Å². The molecule has 6 nitrogen and oxygen atoms in total. The van der Waals surface area contributed by atoms with E-state index in [9.17, 15) is 9.59 Å². The smallest absolute Gasteiger partial charge is 0.362 e. The molecule has 2 aromatic rings. The number of aromatic carboxylic acids is 1. The van der Waals surface area contributed by atoms with Gasteiger partial charge in [-0.1, -0.05) is 23.7 Å². The van der Waals surface area contributed by atoms with E-state index in [0.717, 1.165) is 6.20 Å². The Morgan fingerprint density at radius 3 is 2.57 bits per heavy atom. The molecule has 0 saturated carbocycles. The van der Waals surface area contributed by atoms with Gasteiger partial charge in [-0.3, -0.25) is 4.68 Å². The van der Waals surface area contributed by atoms with E-state index in [1.165, 1.54) is 10.7 Å². The maximum Gasteiger partial charge on any atom is 0.362 e. The van der Waals surface area contributed by atoms with Gasteiger partial charge in [0, 0.05) is 6.04 Å². The molecule has 0 aliphatic rings. The predicted octanol–water partition coefficient (Wildman–Crippen LogP) is 3.03. The molecule has 0 bridgehead atoms. The van der Waals surface area contributed by atoms with Crippen LogP contribution in [0.3, 0.4) is 0 Å². The number of halogens is 1. The fourth-order valence-electron chi connectivity index (χ4n) is 1.79. The summed E-state index contributed by atoms with van der Waals surface area (Å²) in [7, 11) is 0. The van der Waals surface area contributed by atoms with Crippen molar-refractivity contribution in [3.63, 3.8) is 0 Å². The van der Waals surface area contributed by atoms with Crippen molar-refractivity contribution < 1.29 is 19.4 Å². The van der Waals surface area contributed by atoms with E-state index >= 15 is 0 Å². The second-order valence-electron chi connectivity index (χ2n) is 4.57. The van der Waals surface area contributed by atoms with E-state index in [4.69, 9.17) is 21.4 Å². The monoisotopic (exact) mass is 308 g/mol. The van der Waals surface area contributed by atoms with Gasteiger partial charge in [-0.05, 0) is 26.0 Å². The van der Waals surface area contributed by atoms with Crippen molar-refractivity contribution >= 4 is 23.5 Å². The van der Waals surface area contributed by atoms with Gasteiger partial charge < -0.3 is 9.84 Å². The molecule has 0 saturated heterocycles. The van der Waals surface area contributed by atoms with E-state index in [2.05, 4.69) is 5.10 Å². The lowest BCUT2D eigenvalue weighted by atomic mass is 10.2. The zero-order valence-electron chi connectivity index (χ0n) is 11.4. The van der Waals surface area contributed by atoms with Crippen LogP contribution in [-0.4, -0.2) is 26.8 Å². The average Bonchev–Trinajstić information content (AvgIpc) is 2.86. The first-order valence-electron chi connectivity index (χ1n) is 6.19. The second-order valence-corrected chi connectivity index (χ2v) is 4.98. The highest BCUT2D eigenvalue weighted by Gasteiger charge is 2.26. The van der Waals surface area contributed by atoms with Gasteiger partial charge in [0.05, 0.1) is 11.2 Å². The van der Waals surface area contributed by atoms with Gasteiger partial charge in [0.1, 0.15) is 11.3 Å². The Labute approximate surface area is 125 Å². The zero-order chi connectivity index (χ0) is 15.6. The van der Waals surface area contributed by atoms with E-state index in [1.807, 2.05) is 0 Å². The Morgan fingerprint density at radius 1 is 1.33 bits per heavy atom. The second kappa shape index (κ2) is 5.97. The Balaban J connectivity index is 2.41. The molecule has 21 heavy (non-hydrogen) atoms. The van der Waals surface area contributed by atoms with Gasteiger partial charge in [0.25, 0.3) is 0 Å². The van der Waals surface area contributed by atoms with Crippen LogP contribution in [0.1, 0.15) is 40.7 Å². The molecule has 0 amide bonds. The molecule has 0 radical (unpaired) electrons.